The van der Waals surface area contributed by atoms with E-state index >= 15 is 0 Å². The number of anilines is 1. The number of imide groups is 1. The van der Waals surface area contributed by atoms with Gasteiger partial charge in [0.15, 0.2) is 0 Å². The minimum atomic E-state index is -1.02. The zero-order valence-corrected chi connectivity index (χ0v) is 11.5. The Bertz CT molecular complexity index is 571. The molecule has 6 nitrogen and oxygen atoms in total. The highest BCUT2D eigenvalue weighted by Crippen LogP contribution is 2.09. The predicted octanol–water partition coefficient (Wildman–Crippen LogP) is 0.726. The minimum absolute atomic E-state index is 0.137. The molecule has 0 atom stereocenters. The summed E-state index contributed by atoms with van der Waals surface area (Å²) in [5.41, 5.74) is 6.00. The molecule has 0 spiro atoms. The molecule has 110 valence electrons. The van der Waals surface area contributed by atoms with Crippen molar-refractivity contribution in [1.29, 1.82) is 0 Å². The van der Waals surface area contributed by atoms with Gasteiger partial charge in [0.1, 0.15) is 0 Å². The first-order valence-corrected chi connectivity index (χ1v) is 6.22. The Kier molecular flexibility index (Phi) is 5.88. The largest absolute Gasteiger partial charge is 0.398 e. The van der Waals surface area contributed by atoms with Gasteiger partial charge < -0.3 is 10.6 Å². The molecule has 21 heavy (non-hydrogen) atoms. The summed E-state index contributed by atoms with van der Waals surface area (Å²) < 4.78 is 0. The molecule has 0 radical (unpaired) electrons. The van der Waals surface area contributed by atoms with E-state index in [1.54, 1.807) is 12.1 Å². The van der Waals surface area contributed by atoms with Crippen LogP contribution in [0.3, 0.4) is 0 Å². The van der Waals surface area contributed by atoms with Gasteiger partial charge in [0.25, 0.3) is 5.91 Å². The fourth-order valence-corrected chi connectivity index (χ4v) is 1.62. The van der Waals surface area contributed by atoms with Crippen molar-refractivity contribution in [3.63, 3.8) is 0 Å². The molecule has 0 aliphatic carbocycles. The number of para-hydroxylation sites is 1. The Morgan fingerprint density at radius 3 is 2.24 bits per heavy atom. The molecule has 0 aliphatic heterocycles. The molecule has 1 aromatic rings. The molecule has 0 aliphatic rings. The Labute approximate surface area is 122 Å². The molecule has 0 fully saturated rings. The van der Waals surface area contributed by atoms with E-state index in [-0.39, 0.29) is 24.3 Å². The van der Waals surface area contributed by atoms with Crippen molar-refractivity contribution in [1.82, 2.24) is 10.2 Å². The first kappa shape index (κ1) is 16.2. The van der Waals surface area contributed by atoms with Crippen molar-refractivity contribution in [3.8, 4) is 0 Å². The number of hydrogen-bond donors (Lipinski definition) is 2. The van der Waals surface area contributed by atoms with E-state index < -0.39 is 17.7 Å². The van der Waals surface area contributed by atoms with Crippen LogP contribution in [0.25, 0.3) is 0 Å². The maximum Gasteiger partial charge on any atom is 0.316 e. The molecule has 1 aromatic carbocycles. The lowest BCUT2D eigenvalue weighted by atomic mass is 10.1. The third-order valence-corrected chi connectivity index (χ3v) is 2.61. The van der Waals surface area contributed by atoms with Crippen LogP contribution in [-0.4, -0.2) is 35.7 Å². The van der Waals surface area contributed by atoms with E-state index in [9.17, 15) is 14.4 Å². The zero-order chi connectivity index (χ0) is 15.8. The summed E-state index contributed by atoms with van der Waals surface area (Å²) in [4.78, 5) is 36.8. The summed E-state index contributed by atoms with van der Waals surface area (Å²) in [6, 6.07) is 6.27. The van der Waals surface area contributed by atoms with Gasteiger partial charge in [0.05, 0.1) is 5.56 Å². The molecule has 0 heterocycles. The van der Waals surface area contributed by atoms with Gasteiger partial charge in [-0.2, -0.15) is 0 Å². The SMILES string of the molecule is C=CCN(CC=C)C(=O)C(=O)NC(=O)c1ccccc1N. The molecule has 0 saturated carbocycles. The van der Waals surface area contributed by atoms with Gasteiger partial charge in [-0.3, -0.25) is 19.7 Å². The van der Waals surface area contributed by atoms with Crippen LogP contribution in [0.5, 0.6) is 0 Å². The molecule has 1 rings (SSSR count). The van der Waals surface area contributed by atoms with E-state index in [0.717, 1.165) is 0 Å². The third kappa shape index (κ3) is 4.31. The molecule has 6 heteroatoms. The van der Waals surface area contributed by atoms with Gasteiger partial charge in [-0.25, -0.2) is 0 Å². The quantitative estimate of drug-likeness (QED) is 0.474. The molecule has 3 amide bonds. The number of carbonyl (C=O) groups is 3. The maximum absolute atomic E-state index is 11.9. The smallest absolute Gasteiger partial charge is 0.316 e. The minimum Gasteiger partial charge on any atom is -0.398 e. The molecule has 0 unspecified atom stereocenters. The number of nitrogen functional groups attached to an aromatic ring is 1. The van der Waals surface area contributed by atoms with Crippen LogP contribution >= 0.6 is 0 Å². The summed E-state index contributed by atoms with van der Waals surface area (Å²) in [6.45, 7) is 7.36. The van der Waals surface area contributed by atoms with Crippen molar-refractivity contribution in [2.24, 2.45) is 0 Å². The summed E-state index contributed by atoms with van der Waals surface area (Å²) in [7, 11) is 0. The van der Waals surface area contributed by atoms with Crippen molar-refractivity contribution in [2.45, 2.75) is 0 Å². The lowest BCUT2D eigenvalue weighted by Crippen LogP contribution is -2.45. The number of rotatable bonds is 5. The second-order valence-electron chi connectivity index (χ2n) is 4.16. The summed E-state index contributed by atoms with van der Waals surface area (Å²) in [5.74, 6) is -2.58. The summed E-state index contributed by atoms with van der Waals surface area (Å²) in [6.07, 6.45) is 2.96. The van der Waals surface area contributed by atoms with Crippen LogP contribution in [0.1, 0.15) is 10.4 Å². The molecule has 0 bridgehead atoms. The predicted molar refractivity (Wildman–Crippen MR) is 80.3 cm³/mol. The first-order chi connectivity index (χ1) is 10.0. The van der Waals surface area contributed by atoms with Crippen molar-refractivity contribution in [2.75, 3.05) is 18.8 Å². The average molecular weight is 287 g/mol. The van der Waals surface area contributed by atoms with Crippen LogP contribution in [0.4, 0.5) is 5.69 Å². The molecule has 0 saturated heterocycles. The Morgan fingerprint density at radius 2 is 1.71 bits per heavy atom. The van der Waals surface area contributed by atoms with Crippen LogP contribution in [0.15, 0.2) is 49.6 Å². The first-order valence-electron chi connectivity index (χ1n) is 6.22. The standard InChI is InChI=1S/C15H17N3O3/c1-3-9-18(10-4-2)15(21)14(20)17-13(19)11-7-5-6-8-12(11)16/h3-8H,1-2,9-10,16H2,(H,17,19,20). The maximum atomic E-state index is 11.9. The topological polar surface area (TPSA) is 92.5 Å². The van der Waals surface area contributed by atoms with Gasteiger partial charge >= 0.3 is 11.8 Å². The van der Waals surface area contributed by atoms with E-state index in [0.29, 0.717) is 0 Å². The summed E-state index contributed by atoms with van der Waals surface area (Å²) >= 11 is 0. The highest BCUT2D eigenvalue weighted by Gasteiger charge is 2.23. The second-order valence-corrected chi connectivity index (χ2v) is 4.16. The number of amides is 3. The van der Waals surface area contributed by atoms with Crippen LogP contribution in [0.2, 0.25) is 0 Å². The molecule has 3 N–H and O–H groups in total. The Balaban J connectivity index is 2.78. The van der Waals surface area contributed by atoms with Gasteiger partial charge in [-0.05, 0) is 12.1 Å². The van der Waals surface area contributed by atoms with Gasteiger partial charge in [-0.15, -0.1) is 13.2 Å². The fraction of sp³-hybridized carbons (Fsp3) is 0.133. The highest BCUT2D eigenvalue weighted by atomic mass is 16.2. The lowest BCUT2D eigenvalue weighted by molar-refractivity contribution is -0.144. The number of carbonyl (C=O) groups excluding carboxylic acids is 3. The lowest BCUT2D eigenvalue weighted by Gasteiger charge is -2.18. The Morgan fingerprint density at radius 1 is 1.14 bits per heavy atom. The van der Waals surface area contributed by atoms with Gasteiger partial charge in [0.2, 0.25) is 0 Å². The summed E-state index contributed by atoms with van der Waals surface area (Å²) in [5, 5.41) is 2.02. The fourth-order valence-electron chi connectivity index (χ4n) is 1.62. The molecular formula is C15H17N3O3. The second kappa shape index (κ2) is 7.64. The number of nitrogens with zero attached hydrogens (tertiary/aromatic N) is 1. The third-order valence-electron chi connectivity index (χ3n) is 2.61. The number of nitrogens with two attached hydrogens (primary N) is 1. The van der Waals surface area contributed by atoms with Crippen molar-refractivity contribution in [3.05, 3.63) is 55.1 Å². The highest BCUT2D eigenvalue weighted by molar-refractivity contribution is 6.38. The zero-order valence-electron chi connectivity index (χ0n) is 11.5. The van der Waals surface area contributed by atoms with Crippen LogP contribution in [0, 0.1) is 0 Å². The van der Waals surface area contributed by atoms with E-state index in [4.69, 9.17) is 5.73 Å². The Hall–Kier alpha value is -2.89. The van der Waals surface area contributed by atoms with Gasteiger partial charge in [-0.1, -0.05) is 24.3 Å². The van der Waals surface area contributed by atoms with Crippen molar-refractivity contribution < 1.29 is 14.4 Å². The normalized spacial score (nSPS) is 9.52. The number of benzene rings is 1. The monoisotopic (exact) mass is 287 g/mol. The number of hydrogen-bond acceptors (Lipinski definition) is 4. The average Bonchev–Trinajstić information content (AvgIpc) is 2.46. The van der Waals surface area contributed by atoms with Crippen LogP contribution in [-0.2, 0) is 9.59 Å². The number of nitrogens with one attached hydrogen (secondary N) is 1. The van der Waals surface area contributed by atoms with E-state index in [1.807, 2.05) is 5.32 Å². The van der Waals surface area contributed by atoms with E-state index in [2.05, 4.69) is 13.2 Å². The van der Waals surface area contributed by atoms with Gasteiger partial charge in [0, 0.05) is 18.8 Å². The van der Waals surface area contributed by atoms with E-state index in [1.165, 1.54) is 29.2 Å². The molecular weight excluding hydrogens is 270 g/mol. The van der Waals surface area contributed by atoms with Crippen LogP contribution < -0.4 is 11.1 Å². The van der Waals surface area contributed by atoms with Crippen molar-refractivity contribution >= 4 is 23.4 Å². The molecule has 0 aromatic heterocycles.